The summed E-state index contributed by atoms with van der Waals surface area (Å²) in [7, 11) is 2.63. The van der Waals surface area contributed by atoms with E-state index in [-0.39, 0.29) is 11.8 Å². The molecule has 2 aromatic carbocycles. The molecule has 0 fully saturated rings. The van der Waals surface area contributed by atoms with E-state index in [9.17, 15) is 9.59 Å². The van der Waals surface area contributed by atoms with Crippen molar-refractivity contribution in [2.45, 2.75) is 12.8 Å². The summed E-state index contributed by atoms with van der Waals surface area (Å²) in [4.78, 5) is 30.3. The van der Waals surface area contributed by atoms with Crippen LogP contribution >= 0.6 is 0 Å². The number of carbonyl (C=O) groups is 2. The fourth-order valence-electron chi connectivity index (χ4n) is 2.83. The van der Waals surface area contributed by atoms with Crippen molar-refractivity contribution in [3.63, 3.8) is 0 Å². The van der Waals surface area contributed by atoms with Gasteiger partial charge in [0.1, 0.15) is 11.7 Å². The van der Waals surface area contributed by atoms with Gasteiger partial charge in [-0.3, -0.25) is 15.5 Å². The van der Waals surface area contributed by atoms with Gasteiger partial charge in [0.15, 0.2) is 0 Å². The van der Waals surface area contributed by atoms with Crippen LogP contribution in [0.25, 0.3) is 22.6 Å². The number of nitrogens with one attached hydrogen (secondary N) is 3. The summed E-state index contributed by atoms with van der Waals surface area (Å²) in [6.07, 6.45) is 2.11. The molecular weight excluding hydrogens is 384 g/mol. The number of rotatable bonds is 6. The molecular formula is C22H22N4O4. The van der Waals surface area contributed by atoms with E-state index in [0.29, 0.717) is 18.4 Å². The minimum atomic E-state index is -0.683. The predicted molar refractivity (Wildman–Crippen MR) is 112 cm³/mol. The fraction of sp³-hybridized carbons (Fsp3) is 0.182. The zero-order valence-electron chi connectivity index (χ0n) is 16.7. The van der Waals surface area contributed by atoms with Crippen LogP contribution in [-0.2, 0) is 20.7 Å². The van der Waals surface area contributed by atoms with Crippen molar-refractivity contribution >= 4 is 17.9 Å². The van der Waals surface area contributed by atoms with Crippen LogP contribution in [0, 0.1) is 5.41 Å². The Morgan fingerprint density at radius 3 is 2.30 bits per heavy atom. The summed E-state index contributed by atoms with van der Waals surface area (Å²) in [5.41, 5.74) is 4.18. The first-order valence-corrected chi connectivity index (χ1v) is 9.26. The van der Waals surface area contributed by atoms with Crippen molar-refractivity contribution in [3.05, 3.63) is 65.9 Å². The summed E-state index contributed by atoms with van der Waals surface area (Å²) in [6, 6.07) is 15.0. The lowest BCUT2D eigenvalue weighted by atomic mass is 10.1. The lowest BCUT2D eigenvalue weighted by molar-refractivity contribution is -0.140. The van der Waals surface area contributed by atoms with E-state index in [1.54, 1.807) is 12.1 Å². The highest BCUT2D eigenvalue weighted by atomic mass is 16.5. The first-order chi connectivity index (χ1) is 14.5. The smallest absolute Gasteiger partial charge is 0.412 e. The van der Waals surface area contributed by atoms with E-state index in [4.69, 9.17) is 5.41 Å². The Kier molecular flexibility index (Phi) is 6.59. The van der Waals surface area contributed by atoms with Crippen LogP contribution in [0.1, 0.15) is 17.5 Å². The highest BCUT2D eigenvalue weighted by molar-refractivity contribution is 6.04. The number of amides is 1. The number of H-pyrrole nitrogens is 1. The quantitative estimate of drug-likeness (QED) is 0.329. The van der Waals surface area contributed by atoms with Gasteiger partial charge in [0.25, 0.3) is 0 Å². The van der Waals surface area contributed by atoms with E-state index in [1.165, 1.54) is 14.2 Å². The molecule has 0 saturated heterocycles. The lowest BCUT2D eigenvalue weighted by Crippen LogP contribution is -2.30. The second-order valence-corrected chi connectivity index (χ2v) is 6.48. The molecule has 0 radical (unpaired) electrons. The number of hydrogen-bond acceptors (Lipinski definition) is 6. The van der Waals surface area contributed by atoms with Gasteiger partial charge in [-0.25, -0.2) is 9.78 Å². The minimum absolute atomic E-state index is 0.0385. The number of aryl methyl sites for hydroxylation is 1. The number of imidazole rings is 1. The third kappa shape index (κ3) is 5.11. The molecule has 0 bridgehead atoms. The number of benzene rings is 2. The predicted octanol–water partition coefficient (Wildman–Crippen LogP) is 3.53. The van der Waals surface area contributed by atoms with Crippen LogP contribution in [0.4, 0.5) is 4.79 Å². The van der Waals surface area contributed by atoms with E-state index in [0.717, 1.165) is 28.2 Å². The number of methoxy groups -OCH3 is 2. The van der Waals surface area contributed by atoms with Gasteiger partial charge < -0.3 is 14.5 Å². The summed E-state index contributed by atoms with van der Waals surface area (Å²) < 4.78 is 9.15. The molecule has 8 nitrogen and oxygen atoms in total. The minimum Gasteiger partial charge on any atom is -0.469 e. The monoisotopic (exact) mass is 406 g/mol. The SMILES string of the molecule is COC(=O)CCc1ccc(-c2nc(-c3ccc(C(=N)NC(=O)OC)cc3)c[nH]2)cc1. The molecule has 0 aliphatic heterocycles. The molecule has 1 heterocycles. The number of amidine groups is 1. The standard InChI is InChI=1S/C22H22N4O4/c1-29-19(27)12-5-14-3-6-17(7-4-14)21-24-13-18(25-21)15-8-10-16(11-9-15)20(23)26-22(28)30-2/h3-4,6-11,13H,5,12H2,1-2H3,(H,24,25)(H2,23,26,28). The molecule has 3 aromatic rings. The third-order valence-electron chi connectivity index (χ3n) is 4.53. The van der Waals surface area contributed by atoms with Gasteiger partial charge in [0.05, 0.1) is 19.9 Å². The molecule has 0 aliphatic carbocycles. The normalized spacial score (nSPS) is 10.3. The van der Waals surface area contributed by atoms with Crippen molar-refractivity contribution in [2.75, 3.05) is 14.2 Å². The van der Waals surface area contributed by atoms with Crippen LogP contribution in [0.2, 0.25) is 0 Å². The van der Waals surface area contributed by atoms with E-state index in [2.05, 4.69) is 24.8 Å². The molecule has 1 aromatic heterocycles. The maximum Gasteiger partial charge on any atom is 0.412 e. The van der Waals surface area contributed by atoms with Gasteiger partial charge >= 0.3 is 12.1 Å². The van der Waals surface area contributed by atoms with E-state index >= 15 is 0 Å². The zero-order valence-corrected chi connectivity index (χ0v) is 16.7. The van der Waals surface area contributed by atoms with Crippen LogP contribution in [0.5, 0.6) is 0 Å². The molecule has 154 valence electrons. The van der Waals surface area contributed by atoms with Gasteiger partial charge in [-0.1, -0.05) is 48.5 Å². The van der Waals surface area contributed by atoms with Crippen LogP contribution < -0.4 is 5.32 Å². The lowest BCUT2D eigenvalue weighted by Gasteiger charge is -2.06. The highest BCUT2D eigenvalue weighted by Crippen LogP contribution is 2.23. The number of carbonyl (C=O) groups excluding carboxylic acids is 2. The van der Waals surface area contributed by atoms with Gasteiger partial charge in [0, 0.05) is 29.3 Å². The van der Waals surface area contributed by atoms with Crippen molar-refractivity contribution in [1.29, 1.82) is 5.41 Å². The fourth-order valence-corrected chi connectivity index (χ4v) is 2.83. The van der Waals surface area contributed by atoms with E-state index in [1.807, 2.05) is 42.6 Å². The Bertz CT molecular complexity index is 1040. The second-order valence-electron chi connectivity index (χ2n) is 6.48. The number of ether oxygens (including phenoxy) is 2. The molecule has 0 unspecified atom stereocenters. The largest absolute Gasteiger partial charge is 0.469 e. The topological polar surface area (TPSA) is 117 Å². The Morgan fingerprint density at radius 2 is 1.67 bits per heavy atom. The number of alkyl carbamates (subject to hydrolysis) is 1. The second kappa shape index (κ2) is 9.51. The summed E-state index contributed by atoms with van der Waals surface area (Å²) in [5.74, 6) is 0.467. The number of hydrogen-bond donors (Lipinski definition) is 3. The third-order valence-corrected chi connectivity index (χ3v) is 4.53. The van der Waals surface area contributed by atoms with Crippen molar-refractivity contribution in [2.24, 2.45) is 0 Å². The van der Waals surface area contributed by atoms with Crippen molar-refractivity contribution < 1.29 is 19.1 Å². The molecule has 3 rings (SSSR count). The molecule has 8 heteroatoms. The van der Waals surface area contributed by atoms with Gasteiger partial charge in [-0.15, -0.1) is 0 Å². The number of aromatic nitrogens is 2. The highest BCUT2D eigenvalue weighted by Gasteiger charge is 2.09. The summed E-state index contributed by atoms with van der Waals surface area (Å²) in [5, 5.41) is 10.2. The van der Waals surface area contributed by atoms with Crippen LogP contribution in [0.15, 0.2) is 54.7 Å². The van der Waals surface area contributed by atoms with Gasteiger partial charge in [-0.2, -0.15) is 0 Å². The molecule has 30 heavy (non-hydrogen) atoms. The maximum atomic E-state index is 11.3. The molecule has 0 spiro atoms. The van der Waals surface area contributed by atoms with E-state index < -0.39 is 6.09 Å². The average molecular weight is 406 g/mol. The molecule has 3 N–H and O–H groups in total. The van der Waals surface area contributed by atoms with Gasteiger partial charge in [0.2, 0.25) is 0 Å². The molecule has 0 saturated carbocycles. The zero-order chi connectivity index (χ0) is 21.5. The number of esters is 1. The number of aromatic amines is 1. The Balaban J connectivity index is 1.68. The Hall–Kier alpha value is -3.94. The average Bonchev–Trinajstić information content (AvgIpc) is 3.28. The summed E-state index contributed by atoms with van der Waals surface area (Å²) in [6.45, 7) is 0. The first-order valence-electron chi connectivity index (χ1n) is 9.26. The molecule has 1 amide bonds. The molecule has 0 atom stereocenters. The summed E-state index contributed by atoms with van der Waals surface area (Å²) >= 11 is 0. The first kappa shape index (κ1) is 20.8. The van der Waals surface area contributed by atoms with Crippen molar-refractivity contribution in [3.8, 4) is 22.6 Å². The van der Waals surface area contributed by atoms with Gasteiger partial charge in [-0.05, 0) is 12.0 Å². The number of nitrogens with zero attached hydrogens (tertiary/aromatic N) is 1. The van der Waals surface area contributed by atoms with Crippen LogP contribution in [-0.4, -0.2) is 42.1 Å². The van der Waals surface area contributed by atoms with Crippen LogP contribution in [0.3, 0.4) is 0 Å². The maximum absolute atomic E-state index is 11.3. The Morgan fingerprint density at radius 1 is 1.00 bits per heavy atom. The Labute approximate surface area is 173 Å². The van der Waals surface area contributed by atoms with Crippen molar-refractivity contribution in [1.82, 2.24) is 15.3 Å². The molecule has 0 aliphatic rings.